The first-order valence-electron chi connectivity index (χ1n) is 8.42. The van der Waals surface area contributed by atoms with Gasteiger partial charge < -0.3 is 0 Å². The number of unbranched alkanes of at least 4 members (excludes halogenated alkanes) is 2. The standard InChI is InChI=1S/C15H36O4P2/c1-7-12-14-17-20(16,18-15-13-8-2)19-21(6,9-3,10-4)11-5/h7-15H2,1-6H3. The van der Waals surface area contributed by atoms with Crippen molar-refractivity contribution in [3.8, 4) is 0 Å². The molecule has 0 saturated heterocycles. The minimum atomic E-state index is -3.46. The number of hydrogen-bond acceptors (Lipinski definition) is 4. The molecule has 0 fully saturated rings. The first-order valence-corrected chi connectivity index (χ1v) is 13.0. The molecule has 0 radical (unpaired) electrons. The average molecular weight is 342 g/mol. The van der Waals surface area contributed by atoms with E-state index in [0.29, 0.717) is 13.2 Å². The summed E-state index contributed by atoms with van der Waals surface area (Å²) < 4.78 is 30.4. The fraction of sp³-hybridized carbons (Fsp3) is 1.00. The van der Waals surface area contributed by atoms with Crippen LogP contribution >= 0.6 is 14.7 Å². The van der Waals surface area contributed by atoms with Gasteiger partial charge in [0.2, 0.25) is 0 Å². The number of rotatable bonds is 13. The first-order chi connectivity index (χ1) is 9.81. The van der Waals surface area contributed by atoms with Crippen molar-refractivity contribution in [2.45, 2.75) is 60.3 Å². The monoisotopic (exact) mass is 342 g/mol. The molecule has 0 aliphatic rings. The number of hydrogen-bond donors (Lipinski definition) is 0. The topological polar surface area (TPSA) is 44.8 Å². The van der Waals surface area contributed by atoms with Crippen molar-refractivity contribution >= 4 is 14.7 Å². The molecule has 0 aliphatic heterocycles. The van der Waals surface area contributed by atoms with E-state index < -0.39 is 14.7 Å². The molecule has 0 aromatic carbocycles. The van der Waals surface area contributed by atoms with Crippen LogP contribution in [0.3, 0.4) is 0 Å². The van der Waals surface area contributed by atoms with Crippen molar-refractivity contribution in [1.82, 2.24) is 0 Å². The fourth-order valence-corrected chi connectivity index (χ4v) is 8.26. The van der Waals surface area contributed by atoms with Crippen LogP contribution in [-0.2, 0) is 17.9 Å². The van der Waals surface area contributed by atoms with E-state index in [1.807, 2.05) is 0 Å². The Labute approximate surface area is 131 Å². The summed E-state index contributed by atoms with van der Waals surface area (Å²) in [6, 6.07) is 0. The van der Waals surface area contributed by atoms with Crippen molar-refractivity contribution in [3.63, 3.8) is 0 Å². The Morgan fingerprint density at radius 3 is 1.48 bits per heavy atom. The second kappa shape index (κ2) is 9.63. The summed E-state index contributed by atoms with van der Waals surface area (Å²) in [5, 5.41) is 0. The second-order valence-corrected chi connectivity index (χ2v) is 14.4. The van der Waals surface area contributed by atoms with Crippen LogP contribution in [0, 0.1) is 0 Å². The minimum absolute atomic E-state index is 0.434. The summed E-state index contributed by atoms with van der Waals surface area (Å²) in [5.41, 5.74) is 0. The second-order valence-electron chi connectivity index (χ2n) is 6.04. The molecular weight excluding hydrogens is 306 g/mol. The van der Waals surface area contributed by atoms with Gasteiger partial charge in [0.25, 0.3) is 0 Å². The van der Waals surface area contributed by atoms with Crippen LogP contribution in [0.1, 0.15) is 60.3 Å². The zero-order chi connectivity index (χ0) is 16.4. The molecule has 0 aliphatic carbocycles. The van der Waals surface area contributed by atoms with Gasteiger partial charge in [-0.1, -0.05) is 0 Å². The van der Waals surface area contributed by atoms with Gasteiger partial charge in [0.05, 0.1) is 0 Å². The Kier molecular flexibility index (Phi) is 9.88. The molecule has 0 spiro atoms. The Morgan fingerprint density at radius 2 is 1.19 bits per heavy atom. The van der Waals surface area contributed by atoms with Gasteiger partial charge in [-0.3, -0.25) is 0 Å². The van der Waals surface area contributed by atoms with Crippen molar-refractivity contribution < 1.29 is 17.9 Å². The summed E-state index contributed by atoms with van der Waals surface area (Å²) in [7, 11) is -3.46. The van der Waals surface area contributed by atoms with Crippen LogP contribution < -0.4 is 0 Å². The van der Waals surface area contributed by atoms with E-state index in [1.54, 1.807) is 0 Å². The third kappa shape index (κ3) is 7.10. The Hall–Kier alpha value is 0.540. The summed E-state index contributed by atoms with van der Waals surface area (Å²) in [5.74, 6) is 0. The van der Waals surface area contributed by atoms with Crippen LogP contribution in [-0.4, -0.2) is 38.4 Å². The maximum atomic E-state index is 13.0. The molecule has 0 heterocycles. The zero-order valence-electron chi connectivity index (χ0n) is 14.9. The van der Waals surface area contributed by atoms with Crippen LogP contribution in [0.2, 0.25) is 0 Å². The van der Waals surface area contributed by atoms with Crippen LogP contribution in [0.15, 0.2) is 0 Å². The van der Waals surface area contributed by atoms with Gasteiger partial charge in [0.15, 0.2) is 0 Å². The van der Waals surface area contributed by atoms with E-state index in [-0.39, 0.29) is 0 Å². The van der Waals surface area contributed by atoms with E-state index in [0.717, 1.165) is 44.2 Å². The normalized spacial score (nSPS) is 14.9. The molecule has 0 aromatic rings. The molecule has 0 saturated carbocycles. The molecule has 0 bridgehead atoms. The fourth-order valence-electron chi connectivity index (χ4n) is 1.88. The third-order valence-electron chi connectivity index (χ3n) is 4.53. The SMILES string of the molecule is CCCCOP(=O)(OCCCC)OP(C)(CC)(CC)CC. The van der Waals surface area contributed by atoms with Crippen LogP contribution in [0.4, 0.5) is 0 Å². The van der Waals surface area contributed by atoms with Crippen molar-refractivity contribution in [3.05, 3.63) is 0 Å². The van der Waals surface area contributed by atoms with Gasteiger partial charge in [-0.25, -0.2) is 0 Å². The maximum absolute atomic E-state index is 13.0. The Balaban J connectivity index is 5.05. The molecule has 0 aromatic heterocycles. The molecule has 0 amide bonds. The number of phosphoric ester groups is 1. The van der Waals surface area contributed by atoms with Gasteiger partial charge >= 0.3 is 131 Å². The summed E-state index contributed by atoms with van der Waals surface area (Å²) in [6.45, 7) is 11.1. The predicted octanol–water partition coefficient (Wildman–Crippen LogP) is 5.90. The molecule has 0 atom stereocenters. The van der Waals surface area contributed by atoms with E-state index in [4.69, 9.17) is 13.4 Å². The summed E-state index contributed by atoms with van der Waals surface area (Å²) in [4.78, 5) is 0. The molecular formula is C15H36O4P2. The van der Waals surface area contributed by atoms with E-state index >= 15 is 0 Å². The third-order valence-corrected chi connectivity index (χ3v) is 13.7. The van der Waals surface area contributed by atoms with Gasteiger partial charge in [-0.2, -0.15) is 0 Å². The van der Waals surface area contributed by atoms with Crippen LogP contribution in [0.5, 0.6) is 0 Å². The summed E-state index contributed by atoms with van der Waals surface area (Å²) >= 11 is 0. The van der Waals surface area contributed by atoms with Crippen LogP contribution in [0.25, 0.3) is 0 Å². The molecule has 130 valence electrons. The Bertz CT molecular complexity index is 305. The van der Waals surface area contributed by atoms with Gasteiger partial charge in [-0.05, 0) is 0 Å². The van der Waals surface area contributed by atoms with Crippen molar-refractivity contribution in [2.24, 2.45) is 0 Å². The van der Waals surface area contributed by atoms with Gasteiger partial charge in [0.1, 0.15) is 0 Å². The number of phosphoric acid groups is 1. The molecule has 4 nitrogen and oxygen atoms in total. The zero-order valence-corrected chi connectivity index (χ0v) is 16.7. The van der Waals surface area contributed by atoms with Gasteiger partial charge in [-0.15, -0.1) is 0 Å². The summed E-state index contributed by atoms with van der Waals surface area (Å²) in [6.07, 6.45) is 6.44. The van der Waals surface area contributed by atoms with Crippen molar-refractivity contribution in [1.29, 1.82) is 0 Å². The van der Waals surface area contributed by atoms with E-state index in [1.165, 1.54) is 0 Å². The molecule has 0 rings (SSSR count). The average Bonchev–Trinajstić information content (AvgIpc) is 2.48. The van der Waals surface area contributed by atoms with Crippen molar-refractivity contribution in [2.75, 3.05) is 38.4 Å². The quantitative estimate of drug-likeness (QED) is 0.309. The van der Waals surface area contributed by atoms with E-state index in [9.17, 15) is 4.57 Å². The molecule has 0 unspecified atom stereocenters. The molecule has 0 N–H and O–H groups in total. The predicted molar refractivity (Wildman–Crippen MR) is 94.9 cm³/mol. The Morgan fingerprint density at radius 1 is 0.810 bits per heavy atom. The molecule has 21 heavy (non-hydrogen) atoms. The van der Waals surface area contributed by atoms with Gasteiger partial charge in [0, 0.05) is 0 Å². The first kappa shape index (κ1) is 21.5. The molecule has 6 heteroatoms. The van der Waals surface area contributed by atoms with E-state index in [2.05, 4.69) is 41.3 Å².